The van der Waals surface area contributed by atoms with E-state index in [9.17, 15) is 9.59 Å². The Morgan fingerprint density at radius 2 is 1.62 bits per heavy atom. The first-order valence-electron chi connectivity index (χ1n) is 9.64. The predicted molar refractivity (Wildman–Crippen MR) is 116 cm³/mol. The summed E-state index contributed by atoms with van der Waals surface area (Å²) in [5, 5.41) is 0.839. The molecular weight excluding hydrogens is 432 g/mol. The van der Waals surface area contributed by atoms with Crippen LogP contribution in [0.1, 0.15) is 32.6 Å². The molecular formula is C22H20N4O5S. The Bertz CT molecular complexity index is 1200. The van der Waals surface area contributed by atoms with Crippen molar-refractivity contribution in [2.45, 2.75) is 17.5 Å². The highest BCUT2D eigenvalue weighted by Gasteiger charge is 2.16. The molecule has 0 saturated carbocycles. The quantitative estimate of drug-likeness (QED) is 0.311. The zero-order valence-electron chi connectivity index (χ0n) is 17.1. The molecule has 2 N–H and O–H groups in total. The summed E-state index contributed by atoms with van der Waals surface area (Å²) < 4.78 is 18.5. The van der Waals surface area contributed by atoms with E-state index in [0.29, 0.717) is 23.0 Å². The van der Waals surface area contributed by atoms with Gasteiger partial charge in [0.1, 0.15) is 23.9 Å². The van der Waals surface area contributed by atoms with Crippen LogP contribution in [-0.4, -0.2) is 21.4 Å². The number of aryl methyl sites for hydroxylation is 1. The molecule has 0 aliphatic rings. The summed E-state index contributed by atoms with van der Waals surface area (Å²) in [7, 11) is 1.90. The van der Waals surface area contributed by atoms with E-state index in [1.807, 2.05) is 48.1 Å². The lowest BCUT2D eigenvalue weighted by Gasteiger charge is -2.05. The van der Waals surface area contributed by atoms with Crippen LogP contribution in [0.4, 0.5) is 0 Å². The monoisotopic (exact) mass is 452 g/mol. The molecule has 0 atom stereocenters. The number of nitrogens with zero attached hydrogens (tertiary/aromatic N) is 2. The molecule has 0 radical (unpaired) electrons. The highest BCUT2D eigenvalue weighted by molar-refractivity contribution is 7.98. The fraction of sp³-hybridized carbons (Fsp3) is 0.136. The summed E-state index contributed by atoms with van der Waals surface area (Å²) in [6.45, 7) is 0.176. The standard InChI is InChI=1S/C22H20N4O5S/c1-26-12-11-23-22(26)32-14-17-8-10-19(31-17)21(28)25-24-20(27)18-9-7-16(30-18)13-29-15-5-3-2-4-6-15/h2-12H,13-14H2,1H3,(H,24,27)(H,25,28). The van der Waals surface area contributed by atoms with Crippen LogP contribution in [0.25, 0.3) is 0 Å². The first-order chi connectivity index (χ1) is 15.6. The van der Waals surface area contributed by atoms with Crippen LogP contribution in [0.3, 0.4) is 0 Å². The highest BCUT2D eigenvalue weighted by atomic mass is 32.2. The molecule has 0 saturated heterocycles. The van der Waals surface area contributed by atoms with Crippen LogP contribution >= 0.6 is 11.8 Å². The molecule has 3 aromatic heterocycles. The summed E-state index contributed by atoms with van der Waals surface area (Å²) in [5.74, 6) is 1.26. The number of benzene rings is 1. The summed E-state index contributed by atoms with van der Waals surface area (Å²) in [6.07, 6.45) is 3.56. The molecule has 10 heteroatoms. The molecule has 0 fully saturated rings. The number of aromatic nitrogens is 2. The maximum Gasteiger partial charge on any atom is 0.305 e. The van der Waals surface area contributed by atoms with Gasteiger partial charge >= 0.3 is 11.8 Å². The van der Waals surface area contributed by atoms with Crippen LogP contribution in [-0.2, 0) is 19.4 Å². The van der Waals surface area contributed by atoms with E-state index < -0.39 is 11.8 Å². The lowest BCUT2D eigenvalue weighted by Crippen LogP contribution is -2.41. The van der Waals surface area contributed by atoms with Gasteiger partial charge in [0.15, 0.2) is 16.7 Å². The Kier molecular flexibility index (Phi) is 6.61. The second-order valence-corrected chi connectivity index (χ2v) is 7.59. The number of thioether (sulfide) groups is 1. The molecule has 0 aliphatic heterocycles. The third kappa shape index (κ3) is 5.41. The largest absolute Gasteiger partial charge is 0.486 e. The smallest absolute Gasteiger partial charge is 0.305 e. The fourth-order valence-electron chi connectivity index (χ4n) is 2.69. The minimum absolute atomic E-state index is 0.0450. The van der Waals surface area contributed by atoms with Crippen molar-refractivity contribution < 1.29 is 23.2 Å². The zero-order chi connectivity index (χ0) is 22.3. The summed E-state index contributed by atoms with van der Waals surface area (Å²) >= 11 is 1.49. The number of rotatable bonds is 8. The maximum atomic E-state index is 12.3. The zero-order valence-corrected chi connectivity index (χ0v) is 17.9. The number of furan rings is 2. The topological polar surface area (TPSA) is 112 Å². The molecule has 9 nitrogen and oxygen atoms in total. The molecule has 164 valence electrons. The fourth-order valence-corrected chi connectivity index (χ4v) is 3.52. The van der Waals surface area contributed by atoms with E-state index in [0.717, 1.165) is 5.16 Å². The van der Waals surface area contributed by atoms with Crippen LogP contribution in [0.2, 0.25) is 0 Å². The number of para-hydroxylation sites is 1. The molecule has 3 heterocycles. The first kappa shape index (κ1) is 21.3. The van der Waals surface area contributed by atoms with Crippen molar-refractivity contribution in [2.75, 3.05) is 0 Å². The molecule has 0 unspecified atom stereocenters. The molecule has 2 amide bonds. The summed E-state index contributed by atoms with van der Waals surface area (Å²) in [4.78, 5) is 28.7. The van der Waals surface area contributed by atoms with Crippen molar-refractivity contribution in [2.24, 2.45) is 7.05 Å². The van der Waals surface area contributed by atoms with Gasteiger partial charge < -0.3 is 18.1 Å². The third-order valence-corrected chi connectivity index (χ3v) is 5.39. The molecule has 32 heavy (non-hydrogen) atoms. The van der Waals surface area contributed by atoms with Gasteiger partial charge in [0.25, 0.3) is 0 Å². The van der Waals surface area contributed by atoms with Gasteiger partial charge in [-0.15, -0.1) is 0 Å². The van der Waals surface area contributed by atoms with Crippen molar-refractivity contribution in [3.05, 3.63) is 90.0 Å². The Morgan fingerprint density at radius 1 is 0.969 bits per heavy atom. The lowest BCUT2D eigenvalue weighted by atomic mass is 10.3. The predicted octanol–water partition coefficient (Wildman–Crippen LogP) is 3.55. The number of imidazole rings is 1. The Morgan fingerprint density at radius 3 is 2.28 bits per heavy atom. The Hall–Kier alpha value is -3.92. The van der Waals surface area contributed by atoms with Crippen molar-refractivity contribution in [1.82, 2.24) is 20.4 Å². The van der Waals surface area contributed by atoms with E-state index >= 15 is 0 Å². The molecule has 1 aromatic carbocycles. The van der Waals surface area contributed by atoms with Gasteiger partial charge in [-0.2, -0.15) is 0 Å². The number of hydrogen-bond acceptors (Lipinski definition) is 7. The third-order valence-electron chi connectivity index (χ3n) is 4.31. The second-order valence-electron chi connectivity index (χ2n) is 6.65. The van der Waals surface area contributed by atoms with Crippen LogP contribution in [0.15, 0.2) is 81.0 Å². The summed E-state index contributed by atoms with van der Waals surface area (Å²) in [5.41, 5.74) is 4.61. The van der Waals surface area contributed by atoms with Gasteiger partial charge in [-0.1, -0.05) is 30.0 Å². The van der Waals surface area contributed by atoms with Crippen LogP contribution in [0.5, 0.6) is 5.75 Å². The minimum atomic E-state index is -0.596. The van der Waals surface area contributed by atoms with Gasteiger partial charge in [-0.25, -0.2) is 4.98 Å². The van der Waals surface area contributed by atoms with Crippen molar-refractivity contribution >= 4 is 23.6 Å². The minimum Gasteiger partial charge on any atom is -0.486 e. The number of carbonyl (C=O) groups excluding carboxylic acids is 2. The Balaban J connectivity index is 1.24. The highest BCUT2D eigenvalue weighted by Crippen LogP contribution is 2.22. The average molecular weight is 452 g/mol. The average Bonchev–Trinajstić information content (AvgIpc) is 3.56. The van der Waals surface area contributed by atoms with E-state index in [4.69, 9.17) is 13.6 Å². The Labute approximate surface area is 187 Å². The van der Waals surface area contributed by atoms with Gasteiger partial charge in [-0.05, 0) is 36.4 Å². The molecule has 4 rings (SSSR count). The molecule has 4 aromatic rings. The van der Waals surface area contributed by atoms with E-state index in [-0.39, 0.29) is 18.1 Å². The SMILES string of the molecule is Cn1ccnc1SCc1ccc(C(=O)NNC(=O)c2ccc(COc3ccccc3)o2)o1. The number of nitrogens with one attached hydrogen (secondary N) is 2. The second kappa shape index (κ2) is 9.92. The van der Waals surface area contributed by atoms with Gasteiger partial charge in [0, 0.05) is 19.4 Å². The number of ether oxygens (including phenoxy) is 1. The van der Waals surface area contributed by atoms with Gasteiger partial charge in [0.05, 0.1) is 5.75 Å². The normalized spacial score (nSPS) is 10.7. The van der Waals surface area contributed by atoms with Gasteiger partial charge in [-0.3, -0.25) is 20.4 Å². The van der Waals surface area contributed by atoms with Gasteiger partial charge in [0.2, 0.25) is 0 Å². The lowest BCUT2D eigenvalue weighted by molar-refractivity contribution is 0.0814. The molecule has 0 aliphatic carbocycles. The molecule has 0 spiro atoms. The van der Waals surface area contributed by atoms with Crippen molar-refractivity contribution in [3.63, 3.8) is 0 Å². The summed E-state index contributed by atoms with van der Waals surface area (Å²) in [6, 6.07) is 15.7. The van der Waals surface area contributed by atoms with E-state index in [1.54, 1.807) is 24.4 Å². The van der Waals surface area contributed by atoms with Crippen molar-refractivity contribution in [1.29, 1.82) is 0 Å². The van der Waals surface area contributed by atoms with Crippen molar-refractivity contribution in [3.8, 4) is 5.75 Å². The molecule has 0 bridgehead atoms. The first-order valence-corrected chi connectivity index (χ1v) is 10.6. The number of carbonyl (C=O) groups is 2. The van der Waals surface area contributed by atoms with E-state index in [2.05, 4.69) is 15.8 Å². The van der Waals surface area contributed by atoms with Crippen LogP contribution in [0, 0.1) is 0 Å². The van der Waals surface area contributed by atoms with E-state index in [1.165, 1.54) is 17.8 Å². The number of hydrazine groups is 1. The number of hydrogen-bond donors (Lipinski definition) is 2. The maximum absolute atomic E-state index is 12.3. The number of amides is 2. The van der Waals surface area contributed by atoms with Crippen LogP contribution < -0.4 is 15.6 Å².